The summed E-state index contributed by atoms with van der Waals surface area (Å²) in [5, 5.41) is 4.00. The second-order valence-electron chi connectivity index (χ2n) is 5.42. The Morgan fingerprint density at radius 3 is 2.94 bits per heavy atom. The molecule has 2 rings (SSSR count). The third-order valence-electron chi connectivity index (χ3n) is 3.27. The van der Waals surface area contributed by atoms with Crippen LogP contribution in [0.25, 0.3) is 0 Å². The Morgan fingerprint density at radius 2 is 2.33 bits per heavy atom. The molecule has 0 aromatic carbocycles. The molecule has 0 radical (unpaired) electrons. The fraction of sp³-hybridized carbons (Fsp3) is 0.692. The highest BCUT2D eigenvalue weighted by Gasteiger charge is 2.26. The molecule has 100 valence electrons. The Balaban J connectivity index is 1.84. The minimum atomic E-state index is -0.121. The van der Waals surface area contributed by atoms with E-state index in [4.69, 9.17) is 0 Å². The van der Waals surface area contributed by atoms with Crippen molar-refractivity contribution in [1.29, 1.82) is 0 Å². The summed E-state index contributed by atoms with van der Waals surface area (Å²) in [6.07, 6.45) is 7.22. The van der Waals surface area contributed by atoms with Gasteiger partial charge in [0.2, 0.25) is 5.91 Å². The zero-order valence-corrected chi connectivity index (χ0v) is 12.1. The number of amides is 1. The van der Waals surface area contributed by atoms with E-state index in [9.17, 15) is 4.79 Å². The van der Waals surface area contributed by atoms with E-state index in [1.54, 1.807) is 0 Å². The summed E-state index contributed by atoms with van der Waals surface area (Å²) >= 11 is 1.52. The first-order valence-electron chi connectivity index (χ1n) is 6.48. The van der Waals surface area contributed by atoms with E-state index in [-0.39, 0.29) is 11.4 Å². The van der Waals surface area contributed by atoms with E-state index < -0.39 is 0 Å². The van der Waals surface area contributed by atoms with E-state index in [2.05, 4.69) is 21.8 Å². The molecule has 1 aliphatic rings. The third kappa shape index (κ3) is 3.51. The van der Waals surface area contributed by atoms with Crippen LogP contribution in [0.3, 0.4) is 0 Å². The average molecular weight is 267 g/mol. The number of rotatable bonds is 6. The van der Waals surface area contributed by atoms with Crippen molar-refractivity contribution in [2.45, 2.75) is 56.8 Å². The molecule has 18 heavy (non-hydrogen) atoms. The minimum Gasteiger partial charge on any atom is -0.351 e. The van der Waals surface area contributed by atoms with Crippen molar-refractivity contribution in [2.24, 2.45) is 0 Å². The molecular formula is C13H21N3OS. The Bertz CT molecular complexity index is 424. The molecule has 0 atom stereocenters. The summed E-state index contributed by atoms with van der Waals surface area (Å²) in [5.41, 5.74) is -0.121. The van der Waals surface area contributed by atoms with E-state index in [0.717, 1.165) is 11.6 Å². The number of aromatic nitrogens is 2. The smallest absolute Gasteiger partial charge is 0.230 e. The van der Waals surface area contributed by atoms with Gasteiger partial charge in [0.15, 0.2) is 5.16 Å². The Morgan fingerprint density at radius 1 is 1.61 bits per heavy atom. The van der Waals surface area contributed by atoms with Crippen molar-refractivity contribution >= 4 is 17.7 Å². The number of nitrogens with zero attached hydrogens (tertiary/aromatic N) is 2. The molecule has 0 spiro atoms. The Labute approximate surface area is 113 Å². The van der Waals surface area contributed by atoms with Crippen LogP contribution in [0.15, 0.2) is 17.6 Å². The van der Waals surface area contributed by atoms with Crippen LogP contribution in [0.1, 0.15) is 46.1 Å². The summed E-state index contributed by atoms with van der Waals surface area (Å²) in [5.74, 6) is 0.518. The van der Waals surface area contributed by atoms with Gasteiger partial charge in [0, 0.05) is 24.0 Å². The SMILES string of the molecule is CCC(C)(C)NC(=O)CSc1nccn1C1CC1. The van der Waals surface area contributed by atoms with Gasteiger partial charge in [-0.25, -0.2) is 4.98 Å². The molecule has 1 N–H and O–H groups in total. The molecule has 1 saturated carbocycles. The number of hydrogen-bond acceptors (Lipinski definition) is 3. The molecule has 0 unspecified atom stereocenters. The number of hydrogen-bond donors (Lipinski definition) is 1. The van der Waals surface area contributed by atoms with E-state index in [0.29, 0.717) is 11.8 Å². The topological polar surface area (TPSA) is 46.9 Å². The maximum absolute atomic E-state index is 11.8. The lowest BCUT2D eigenvalue weighted by Crippen LogP contribution is -2.43. The molecule has 5 heteroatoms. The van der Waals surface area contributed by atoms with Crippen LogP contribution in [-0.4, -0.2) is 26.8 Å². The largest absolute Gasteiger partial charge is 0.351 e. The Kier molecular flexibility index (Phi) is 4.00. The minimum absolute atomic E-state index is 0.0807. The predicted molar refractivity (Wildman–Crippen MR) is 73.7 cm³/mol. The van der Waals surface area contributed by atoms with Crippen molar-refractivity contribution in [3.8, 4) is 0 Å². The van der Waals surface area contributed by atoms with Gasteiger partial charge in [0.25, 0.3) is 0 Å². The van der Waals surface area contributed by atoms with Gasteiger partial charge in [0.05, 0.1) is 5.75 Å². The molecule has 1 aliphatic carbocycles. The maximum Gasteiger partial charge on any atom is 0.230 e. The standard InChI is InChI=1S/C13H21N3OS/c1-4-13(2,3)15-11(17)9-18-12-14-7-8-16(12)10-5-6-10/h7-8,10H,4-6,9H2,1-3H3,(H,15,17). The van der Waals surface area contributed by atoms with Crippen molar-refractivity contribution in [3.05, 3.63) is 12.4 Å². The first-order chi connectivity index (χ1) is 8.52. The monoisotopic (exact) mass is 267 g/mol. The first-order valence-corrected chi connectivity index (χ1v) is 7.47. The molecule has 4 nitrogen and oxygen atoms in total. The molecule has 1 aromatic rings. The van der Waals surface area contributed by atoms with E-state index in [1.807, 2.05) is 26.2 Å². The fourth-order valence-electron chi connectivity index (χ4n) is 1.67. The number of imidazole rings is 1. The first kappa shape index (κ1) is 13.5. The highest BCUT2D eigenvalue weighted by Crippen LogP contribution is 2.37. The second-order valence-corrected chi connectivity index (χ2v) is 6.37. The third-order valence-corrected chi connectivity index (χ3v) is 4.25. The van der Waals surface area contributed by atoms with Crippen molar-refractivity contribution in [1.82, 2.24) is 14.9 Å². The molecule has 1 amide bonds. The summed E-state index contributed by atoms with van der Waals surface area (Å²) in [7, 11) is 0. The average Bonchev–Trinajstić information content (AvgIpc) is 3.05. The van der Waals surface area contributed by atoms with Gasteiger partial charge >= 0.3 is 0 Å². The quantitative estimate of drug-likeness (QED) is 0.806. The molecule has 0 saturated heterocycles. The molecule has 1 heterocycles. The molecule has 1 aromatic heterocycles. The second kappa shape index (κ2) is 5.34. The van der Waals surface area contributed by atoms with Crippen LogP contribution in [0.2, 0.25) is 0 Å². The lowest BCUT2D eigenvalue weighted by molar-refractivity contribution is -0.120. The predicted octanol–water partition coefficient (Wildman–Crippen LogP) is 2.61. The van der Waals surface area contributed by atoms with Crippen LogP contribution >= 0.6 is 11.8 Å². The van der Waals surface area contributed by atoms with Gasteiger partial charge in [-0.05, 0) is 33.1 Å². The lowest BCUT2D eigenvalue weighted by Gasteiger charge is -2.24. The van der Waals surface area contributed by atoms with E-state index >= 15 is 0 Å². The zero-order valence-electron chi connectivity index (χ0n) is 11.3. The van der Waals surface area contributed by atoms with Gasteiger partial charge in [0.1, 0.15) is 0 Å². The van der Waals surface area contributed by atoms with Gasteiger partial charge in [-0.15, -0.1) is 0 Å². The normalized spacial score (nSPS) is 15.7. The van der Waals surface area contributed by atoms with Crippen LogP contribution in [-0.2, 0) is 4.79 Å². The summed E-state index contributed by atoms with van der Waals surface area (Å²) in [6, 6.07) is 0.616. The van der Waals surface area contributed by atoms with Crippen LogP contribution in [0.4, 0.5) is 0 Å². The van der Waals surface area contributed by atoms with Gasteiger partial charge in [-0.1, -0.05) is 18.7 Å². The summed E-state index contributed by atoms with van der Waals surface area (Å²) < 4.78 is 2.18. The van der Waals surface area contributed by atoms with Gasteiger partial charge in [-0.2, -0.15) is 0 Å². The number of nitrogens with one attached hydrogen (secondary N) is 1. The molecular weight excluding hydrogens is 246 g/mol. The maximum atomic E-state index is 11.8. The highest BCUT2D eigenvalue weighted by atomic mass is 32.2. The zero-order chi connectivity index (χ0) is 13.2. The molecule has 1 fully saturated rings. The van der Waals surface area contributed by atoms with Crippen LogP contribution < -0.4 is 5.32 Å². The van der Waals surface area contributed by atoms with Gasteiger partial charge in [-0.3, -0.25) is 4.79 Å². The molecule has 0 aliphatic heterocycles. The Hall–Kier alpha value is -0.970. The highest BCUT2D eigenvalue weighted by molar-refractivity contribution is 7.99. The van der Waals surface area contributed by atoms with Crippen LogP contribution in [0.5, 0.6) is 0 Å². The van der Waals surface area contributed by atoms with Crippen molar-refractivity contribution in [3.63, 3.8) is 0 Å². The van der Waals surface area contributed by atoms with Crippen molar-refractivity contribution < 1.29 is 4.79 Å². The lowest BCUT2D eigenvalue weighted by atomic mass is 10.0. The number of thioether (sulfide) groups is 1. The summed E-state index contributed by atoms with van der Waals surface area (Å²) in [4.78, 5) is 16.2. The molecule has 0 bridgehead atoms. The number of carbonyl (C=O) groups excluding carboxylic acids is 1. The van der Waals surface area contributed by atoms with Crippen LogP contribution in [0, 0.1) is 0 Å². The fourth-order valence-corrected chi connectivity index (χ4v) is 2.50. The van der Waals surface area contributed by atoms with E-state index in [1.165, 1.54) is 24.6 Å². The summed E-state index contributed by atoms with van der Waals surface area (Å²) in [6.45, 7) is 6.16. The van der Waals surface area contributed by atoms with Gasteiger partial charge < -0.3 is 9.88 Å². The number of carbonyl (C=O) groups is 1. The van der Waals surface area contributed by atoms with Crippen molar-refractivity contribution in [2.75, 3.05) is 5.75 Å².